The first kappa shape index (κ1) is 15.4. The highest BCUT2D eigenvalue weighted by molar-refractivity contribution is 8.00. The zero-order chi connectivity index (χ0) is 15.4. The average Bonchev–Trinajstić information content (AvgIpc) is 2.55. The van der Waals surface area contributed by atoms with Crippen LogP contribution in [0.2, 0.25) is 0 Å². The van der Waals surface area contributed by atoms with Gasteiger partial charge in [0, 0.05) is 10.9 Å². The Balaban J connectivity index is 1.61. The Hall–Kier alpha value is -1.48. The van der Waals surface area contributed by atoms with Crippen molar-refractivity contribution in [3.63, 3.8) is 0 Å². The highest BCUT2D eigenvalue weighted by Gasteiger charge is 2.20. The van der Waals surface area contributed by atoms with Crippen LogP contribution in [-0.4, -0.2) is 17.2 Å². The zero-order valence-electron chi connectivity index (χ0n) is 13.0. The number of amides is 1. The molecule has 22 heavy (non-hydrogen) atoms. The van der Waals surface area contributed by atoms with E-state index in [4.69, 9.17) is 0 Å². The molecule has 2 aromatic rings. The fourth-order valence-corrected chi connectivity index (χ4v) is 3.99. The Labute approximate surface area is 136 Å². The summed E-state index contributed by atoms with van der Waals surface area (Å²) in [5, 5.41) is 5.63. The van der Waals surface area contributed by atoms with Crippen LogP contribution in [0, 0.1) is 0 Å². The zero-order valence-corrected chi connectivity index (χ0v) is 13.9. The second-order valence-corrected chi connectivity index (χ2v) is 7.53. The lowest BCUT2D eigenvalue weighted by Gasteiger charge is -2.24. The summed E-state index contributed by atoms with van der Waals surface area (Å²) in [5.41, 5.74) is 0. The minimum absolute atomic E-state index is 0.0527. The molecule has 0 spiro atoms. The first-order chi connectivity index (χ1) is 10.7. The maximum Gasteiger partial charge on any atom is 0.233 e. The molecule has 3 rings (SSSR count). The Bertz CT molecular complexity index is 649. The SMILES string of the molecule is C[C@@H](Sc1ccc2ccccc2c1)C(=O)NC1CCCCC1. The molecule has 1 aliphatic rings. The summed E-state index contributed by atoms with van der Waals surface area (Å²) >= 11 is 1.64. The molecule has 0 aromatic heterocycles. The maximum atomic E-state index is 12.3. The third-order valence-corrected chi connectivity index (χ3v) is 5.45. The molecule has 1 fully saturated rings. The fraction of sp³-hybridized carbons (Fsp3) is 0.421. The molecule has 0 radical (unpaired) electrons. The minimum Gasteiger partial charge on any atom is -0.352 e. The topological polar surface area (TPSA) is 29.1 Å². The number of fused-ring (bicyclic) bond motifs is 1. The molecule has 2 aromatic carbocycles. The van der Waals surface area contributed by atoms with Crippen LogP contribution in [0.1, 0.15) is 39.0 Å². The predicted octanol–water partition coefficient (Wildman–Crippen LogP) is 4.77. The van der Waals surface area contributed by atoms with Gasteiger partial charge in [-0.25, -0.2) is 0 Å². The summed E-state index contributed by atoms with van der Waals surface area (Å²) in [6.45, 7) is 2.00. The molecule has 1 saturated carbocycles. The molecule has 0 unspecified atom stereocenters. The smallest absolute Gasteiger partial charge is 0.233 e. The van der Waals surface area contributed by atoms with Crippen molar-refractivity contribution in [1.29, 1.82) is 0 Å². The highest BCUT2D eigenvalue weighted by Crippen LogP contribution is 2.27. The molecule has 2 nitrogen and oxygen atoms in total. The van der Waals surface area contributed by atoms with Gasteiger partial charge in [-0.2, -0.15) is 0 Å². The third kappa shape index (κ3) is 3.83. The van der Waals surface area contributed by atoms with Gasteiger partial charge in [0.25, 0.3) is 0 Å². The van der Waals surface area contributed by atoms with Crippen LogP contribution in [0.3, 0.4) is 0 Å². The van der Waals surface area contributed by atoms with Crippen molar-refractivity contribution in [2.24, 2.45) is 0 Å². The summed E-state index contributed by atoms with van der Waals surface area (Å²) in [5.74, 6) is 0.171. The molecule has 3 heteroatoms. The van der Waals surface area contributed by atoms with Crippen LogP contribution in [0.5, 0.6) is 0 Å². The number of carbonyl (C=O) groups is 1. The Morgan fingerprint density at radius 2 is 1.82 bits per heavy atom. The minimum atomic E-state index is -0.0527. The molecule has 116 valence electrons. The summed E-state index contributed by atoms with van der Waals surface area (Å²) in [6, 6.07) is 15.1. The van der Waals surface area contributed by atoms with Gasteiger partial charge in [0.1, 0.15) is 0 Å². The average molecular weight is 313 g/mol. The van der Waals surface area contributed by atoms with Crippen LogP contribution < -0.4 is 5.32 Å². The van der Waals surface area contributed by atoms with E-state index in [0.717, 1.165) is 17.7 Å². The van der Waals surface area contributed by atoms with Gasteiger partial charge in [-0.3, -0.25) is 4.79 Å². The van der Waals surface area contributed by atoms with Gasteiger partial charge in [0.2, 0.25) is 5.91 Å². The molecule has 0 saturated heterocycles. The summed E-state index contributed by atoms with van der Waals surface area (Å²) < 4.78 is 0. The molecule has 0 heterocycles. The molecule has 1 atom stereocenters. The van der Waals surface area contributed by atoms with Crippen LogP contribution in [-0.2, 0) is 4.79 Å². The van der Waals surface area contributed by atoms with Crippen molar-refractivity contribution >= 4 is 28.4 Å². The molecule has 1 N–H and O–H groups in total. The first-order valence-corrected chi connectivity index (χ1v) is 9.06. The van der Waals surface area contributed by atoms with Gasteiger partial charge in [-0.15, -0.1) is 11.8 Å². The van der Waals surface area contributed by atoms with Gasteiger partial charge in [0.15, 0.2) is 0 Å². The summed E-state index contributed by atoms with van der Waals surface area (Å²) in [7, 11) is 0. The van der Waals surface area contributed by atoms with E-state index in [-0.39, 0.29) is 11.2 Å². The molecular weight excluding hydrogens is 290 g/mol. The predicted molar refractivity (Wildman–Crippen MR) is 94.3 cm³/mol. The van der Waals surface area contributed by atoms with E-state index >= 15 is 0 Å². The number of thioether (sulfide) groups is 1. The van der Waals surface area contributed by atoms with Gasteiger partial charge in [0.05, 0.1) is 5.25 Å². The van der Waals surface area contributed by atoms with Gasteiger partial charge < -0.3 is 5.32 Å². The standard InChI is InChI=1S/C19H23NOS/c1-14(19(21)20-17-9-3-2-4-10-17)22-18-12-11-15-7-5-6-8-16(15)13-18/h5-8,11-14,17H,2-4,9-10H2,1H3,(H,20,21)/t14-/m1/s1. The van der Waals surface area contributed by atoms with E-state index < -0.39 is 0 Å². The molecule has 0 bridgehead atoms. The molecule has 1 aliphatic carbocycles. The summed E-state index contributed by atoms with van der Waals surface area (Å²) in [4.78, 5) is 13.5. The van der Waals surface area contributed by atoms with Gasteiger partial charge in [-0.05, 0) is 42.7 Å². The Morgan fingerprint density at radius 1 is 1.09 bits per heavy atom. The Kier molecular flexibility index (Phi) is 5.04. The number of benzene rings is 2. The number of hydrogen-bond acceptors (Lipinski definition) is 2. The van der Waals surface area contributed by atoms with Crippen LogP contribution in [0.25, 0.3) is 10.8 Å². The van der Waals surface area contributed by atoms with Crippen LogP contribution in [0.15, 0.2) is 47.4 Å². The van der Waals surface area contributed by atoms with Crippen LogP contribution in [0.4, 0.5) is 0 Å². The number of rotatable bonds is 4. The van der Waals surface area contributed by atoms with E-state index in [2.05, 4.69) is 47.8 Å². The number of hydrogen-bond donors (Lipinski definition) is 1. The number of nitrogens with one attached hydrogen (secondary N) is 1. The third-order valence-electron chi connectivity index (χ3n) is 4.35. The lowest BCUT2D eigenvalue weighted by molar-refractivity contribution is -0.121. The molecule has 0 aliphatic heterocycles. The molecular formula is C19H23NOS. The van der Waals surface area contributed by atoms with E-state index in [1.54, 1.807) is 11.8 Å². The lowest BCUT2D eigenvalue weighted by atomic mass is 9.95. The fourth-order valence-electron chi connectivity index (χ4n) is 3.06. The van der Waals surface area contributed by atoms with Crippen molar-refractivity contribution in [2.45, 2.75) is 55.2 Å². The van der Waals surface area contributed by atoms with Crippen molar-refractivity contribution in [2.75, 3.05) is 0 Å². The lowest BCUT2D eigenvalue weighted by Crippen LogP contribution is -2.40. The largest absolute Gasteiger partial charge is 0.352 e. The maximum absolute atomic E-state index is 12.3. The second kappa shape index (κ2) is 7.19. The second-order valence-electron chi connectivity index (χ2n) is 6.11. The number of carbonyl (C=O) groups excluding carboxylic acids is 1. The van der Waals surface area contributed by atoms with Gasteiger partial charge in [-0.1, -0.05) is 49.6 Å². The normalized spacial score (nSPS) is 17.3. The van der Waals surface area contributed by atoms with E-state index in [9.17, 15) is 4.79 Å². The van der Waals surface area contributed by atoms with E-state index in [0.29, 0.717) is 6.04 Å². The molecule has 1 amide bonds. The van der Waals surface area contributed by atoms with E-state index in [1.165, 1.54) is 30.0 Å². The van der Waals surface area contributed by atoms with E-state index in [1.807, 2.05) is 6.92 Å². The van der Waals surface area contributed by atoms with Crippen LogP contribution >= 0.6 is 11.8 Å². The quantitative estimate of drug-likeness (QED) is 0.824. The van der Waals surface area contributed by atoms with Crippen molar-refractivity contribution in [3.8, 4) is 0 Å². The monoisotopic (exact) mass is 313 g/mol. The van der Waals surface area contributed by atoms with Crippen molar-refractivity contribution in [3.05, 3.63) is 42.5 Å². The Morgan fingerprint density at radius 3 is 2.59 bits per heavy atom. The van der Waals surface area contributed by atoms with Gasteiger partial charge >= 0.3 is 0 Å². The summed E-state index contributed by atoms with van der Waals surface area (Å²) in [6.07, 6.45) is 6.08. The first-order valence-electron chi connectivity index (χ1n) is 8.18. The van der Waals surface area contributed by atoms with Crippen molar-refractivity contribution < 1.29 is 4.79 Å². The highest BCUT2D eigenvalue weighted by atomic mass is 32.2. The van der Waals surface area contributed by atoms with Crippen molar-refractivity contribution in [1.82, 2.24) is 5.32 Å².